The monoisotopic (exact) mass is 197 g/mol. The van der Waals surface area contributed by atoms with Crippen LogP contribution < -0.4 is 0 Å². The maximum atomic E-state index is 11.1. The first-order valence-electron chi connectivity index (χ1n) is 5.67. The Labute approximate surface area is 85.1 Å². The smallest absolute Gasteiger partial charge is 0.307 e. The van der Waals surface area contributed by atoms with Crippen molar-refractivity contribution in [3.8, 4) is 0 Å². The molecule has 2 bridgehead atoms. The van der Waals surface area contributed by atoms with Gasteiger partial charge in [0.25, 0.3) is 0 Å². The minimum atomic E-state index is -0.560. The van der Waals surface area contributed by atoms with E-state index in [-0.39, 0.29) is 5.92 Å². The van der Waals surface area contributed by atoms with Crippen molar-refractivity contribution in [1.29, 1.82) is 0 Å². The van der Waals surface area contributed by atoms with Crippen LogP contribution in [0.4, 0.5) is 0 Å². The molecule has 3 heteroatoms. The lowest BCUT2D eigenvalue weighted by Crippen LogP contribution is -2.50. The van der Waals surface area contributed by atoms with Crippen molar-refractivity contribution >= 4 is 5.97 Å². The van der Waals surface area contributed by atoms with Gasteiger partial charge in [0.05, 0.1) is 5.92 Å². The van der Waals surface area contributed by atoms with Gasteiger partial charge in [-0.15, -0.1) is 0 Å². The van der Waals surface area contributed by atoms with E-state index in [4.69, 9.17) is 0 Å². The molecular formula is C11H19NO2. The lowest BCUT2D eigenvalue weighted by molar-refractivity contribution is -0.151. The molecule has 2 rings (SSSR count). The lowest BCUT2D eigenvalue weighted by atomic mass is 9.69. The van der Waals surface area contributed by atoms with Crippen molar-refractivity contribution in [3.05, 3.63) is 0 Å². The van der Waals surface area contributed by atoms with E-state index in [1.807, 2.05) is 0 Å². The quantitative estimate of drug-likeness (QED) is 0.728. The van der Waals surface area contributed by atoms with Gasteiger partial charge in [0.1, 0.15) is 0 Å². The van der Waals surface area contributed by atoms with E-state index < -0.39 is 5.97 Å². The summed E-state index contributed by atoms with van der Waals surface area (Å²) in [4.78, 5) is 13.6. The first-order chi connectivity index (χ1) is 6.72. The number of nitrogens with zero attached hydrogens (tertiary/aromatic N) is 1. The third-order valence-corrected chi connectivity index (χ3v) is 3.88. The van der Waals surface area contributed by atoms with Crippen molar-refractivity contribution < 1.29 is 9.90 Å². The number of hydrogen-bond donors (Lipinski definition) is 1. The van der Waals surface area contributed by atoms with Crippen molar-refractivity contribution in [2.24, 2.45) is 17.8 Å². The Morgan fingerprint density at radius 1 is 1.36 bits per heavy atom. The van der Waals surface area contributed by atoms with Crippen LogP contribution in [-0.2, 0) is 4.79 Å². The lowest BCUT2D eigenvalue weighted by Gasteiger charge is -2.45. The average Bonchev–Trinajstić information content (AvgIpc) is 2.15. The molecule has 80 valence electrons. The molecule has 0 aromatic rings. The summed E-state index contributed by atoms with van der Waals surface area (Å²) >= 11 is 0. The van der Waals surface area contributed by atoms with Gasteiger partial charge in [-0.3, -0.25) is 4.79 Å². The number of aliphatic carboxylic acids is 1. The molecule has 0 radical (unpaired) electrons. The molecule has 2 aliphatic rings. The zero-order chi connectivity index (χ0) is 10.1. The van der Waals surface area contributed by atoms with E-state index in [1.165, 1.54) is 6.42 Å². The molecule has 2 atom stereocenters. The SMILES string of the molecule is CCN1CC2CCCC(C1)C2C(=O)O. The Balaban J connectivity index is 2.11. The first-order valence-corrected chi connectivity index (χ1v) is 5.67. The Bertz CT molecular complexity index is 215. The molecule has 0 amide bonds. The Kier molecular flexibility index (Phi) is 2.77. The molecule has 0 aromatic heterocycles. The van der Waals surface area contributed by atoms with Crippen LogP contribution in [0.1, 0.15) is 26.2 Å². The molecule has 1 N–H and O–H groups in total. The Morgan fingerprint density at radius 2 is 1.93 bits per heavy atom. The average molecular weight is 197 g/mol. The van der Waals surface area contributed by atoms with Gasteiger partial charge >= 0.3 is 5.97 Å². The van der Waals surface area contributed by atoms with Crippen LogP contribution in [-0.4, -0.2) is 35.6 Å². The highest BCUT2D eigenvalue weighted by Crippen LogP contribution is 2.39. The van der Waals surface area contributed by atoms with Gasteiger partial charge in [-0.25, -0.2) is 0 Å². The highest BCUT2D eigenvalue weighted by Gasteiger charge is 2.42. The summed E-state index contributed by atoms with van der Waals surface area (Å²) < 4.78 is 0. The van der Waals surface area contributed by atoms with Crippen LogP contribution in [0.3, 0.4) is 0 Å². The summed E-state index contributed by atoms with van der Waals surface area (Å²) in [7, 11) is 0. The van der Waals surface area contributed by atoms with E-state index in [0.717, 1.165) is 32.5 Å². The zero-order valence-electron chi connectivity index (χ0n) is 8.78. The molecule has 14 heavy (non-hydrogen) atoms. The Hall–Kier alpha value is -0.570. The number of hydrogen-bond acceptors (Lipinski definition) is 2. The minimum absolute atomic E-state index is 0.0495. The van der Waals surface area contributed by atoms with Crippen LogP contribution in [0, 0.1) is 17.8 Å². The molecule has 2 unspecified atom stereocenters. The topological polar surface area (TPSA) is 40.5 Å². The molecule has 0 aromatic carbocycles. The van der Waals surface area contributed by atoms with Crippen LogP contribution >= 0.6 is 0 Å². The van der Waals surface area contributed by atoms with Crippen molar-refractivity contribution in [3.63, 3.8) is 0 Å². The minimum Gasteiger partial charge on any atom is -0.481 e. The molecule has 1 heterocycles. The maximum Gasteiger partial charge on any atom is 0.307 e. The molecule has 2 fully saturated rings. The largest absolute Gasteiger partial charge is 0.481 e. The fourth-order valence-electron chi connectivity index (χ4n) is 3.20. The normalized spacial score (nSPS) is 38.2. The van der Waals surface area contributed by atoms with Gasteiger partial charge in [-0.05, 0) is 31.2 Å². The van der Waals surface area contributed by atoms with Crippen molar-refractivity contribution in [2.75, 3.05) is 19.6 Å². The van der Waals surface area contributed by atoms with Crippen molar-refractivity contribution in [2.45, 2.75) is 26.2 Å². The maximum absolute atomic E-state index is 11.1. The summed E-state index contributed by atoms with van der Waals surface area (Å²) in [6.07, 6.45) is 3.46. The number of carboxylic acids is 1. The molecule has 1 saturated heterocycles. The van der Waals surface area contributed by atoms with Crippen LogP contribution in [0.2, 0.25) is 0 Å². The second-order valence-corrected chi connectivity index (χ2v) is 4.67. The molecule has 1 aliphatic carbocycles. The standard InChI is InChI=1S/C11H19NO2/c1-2-12-6-8-4-3-5-9(7-12)10(8)11(13)14/h8-10H,2-7H2,1H3,(H,13,14). The van der Waals surface area contributed by atoms with Gasteiger partial charge in [-0.1, -0.05) is 13.3 Å². The Morgan fingerprint density at radius 3 is 2.36 bits per heavy atom. The summed E-state index contributed by atoms with van der Waals surface area (Å²) in [5, 5.41) is 9.18. The highest BCUT2D eigenvalue weighted by molar-refractivity contribution is 5.71. The van der Waals surface area contributed by atoms with E-state index in [9.17, 15) is 9.90 Å². The zero-order valence-corrected chi connectivity index (χ0v) is 8.78. The summed E-state index contributed by atoms with van der Waals surface area (Å²) in [6.45, 7) is 5.24. The summed E-state index contributed by atoms with van der Waals surface area (Å²) in [5.41, 5.74) is 0. The third-order valence-electron chi connectivity index (χ3n) is 3.88. The predicted octanol–water partition coefficient (Wildman–Crippen LogP) is 1.44. The molecule has 3 nitrogen and oxygen atoms in total. The van der Waals surface area contributed by atoms with Gasteiger partial charge < -0.3 is 10.0 Å². The van der Waals surface area contributed by atoms with E-state index in [2.05, 4.69) is 11.8 Å². The number of fused-ring (bicyclic) bond motifs is 2. The number of rotatable bonds is 2. The van der Waals surface area contributed by atoms with Crippen LogP contribution in [0.5, 0.6) is 0 Å². The summed E-state index contributed by atoms with van der Waals surface area (Å²) in [5.74, 6) is 0.224. The summed E-state index contributed by atoms with van der Waals surface area (Å²) in [6, 6.07) is 0. The number of piperidine rings is 1. The van der Waals surface area contributed by atoms with Gasteiger partial charge in [0.15, 0.2) is 0 Å². The van der Waals surface area contributed by atoms with E-state index in [0.29, 0.717) is 11.8 Å². The third kappa shape index (κ3) is 1.65. The van der Waals surface area contributed by atoms with Crippen LogP contribution in [0.15, 0.2) is 0 Å². The highest BCUT2D eigenvalue weighted by atomic mass is 16.4. The number of carbonyl (C=O) groups is 1. The fraction of sp³-hybridized carbons (Fsp3) is 0.909. The first kappa shape index (κ1) is 9.97. The number of carboxylic acid groups (broad SMARTS) is 1. The molecular weight excluding hydrogens is 178 g/mol. The van der Waals surface area contributed by atoms with Gasteiger partial charge in [0.2, 0.25) is 0 Å². The molecule has 1 saturated carbocycles. The van der Waals surface area contributed by atoms with Gasteiger partial charge in [-0.2, -0.15) is 0 Å². The van der Waals surface area contributed by atoms with E-state index in [1.54, 1.807) is 0 Å². The second-order valence-electron chi connectivity index (χ2n) is 4.67. The van der Waals surface area contributed by atoms with E-state index >= 15 is 0 Å². The fourth-order valence-corrected chi connectivity index (χ4v) is 3.20. The van der Waals surface area contributed by atoms with Gasteiger partial charge in [0, 0.05) is 13.1 Å². The van der Waals surface area contributed by atoms with Crippen molar-refractivity contribution in [1.82, 2.24) is 4.90 Å². The van der Waals surface area contributed by atoms with Crippen LogP contribution in [0.25, 0.3) is 0 Å². The predicted molar refractivity (Wildman–Crippen MR) is 54.1 cm³/mol. The molecule has 1 aliphatic heterocycles. The molecule has 0 spiro atoms. The second kappa shape index (κ2) is 3.89. The number of likely N-dealkylation sites (tertiary alicyclic amines) is 1.